The molecule has 2 rings (SSSR count). The van der Waals surface area contributed by atoms with Crippen LogP contribution >= 0.6 is 23.2 Å². The monoisotopic (exact) mass is 330 g/mol. The van der Waals surface area contributed by atoms with Crippen LogP contribution in [0, 0.1) is 11.3 Å². The van der Waals surface area contributed by atoms with E-state index in [9.17, 15) is 5.11 Å². The van der Waals surface area contributed by atoms with Crippen LogP contribution in [0.4, 0.5) is 0 Å². The van der Waals surface area contributed by atoms with Gasteiger partial charge in [-0.1, -0.05) is 63.4 Å². The van der Waals surface area contributed by atoms with Crippen molar-refractivity contribution in [2.24, 2.45) is 11.3 Å². The molecule has 1 saturated heterocycles. The summed E-state index contributed by atoms with van der Waals surface area (Å²) in [6, 6.07) is 5.90. The van der Waals surface area contributed by atoms with Crippen LogP contribution in [0.3, 0.4) is 0 Å². The molecule has 0 spiro atoms. The Morgan fingerprint density at radius 3 is 2.38 bits per heavy atom. The van der Waals surface area contributed by atoms with Crippen LogP contribution in [0.15, 0.2) is 18.2 Å². The van der Waals surface area contributed by atoms with E-state index in [4.69, 9.17) is 27.9 Å². The van der Waals surface area contributed by atoms with E-state index in [-0.39, 0.29) is 11.5 Å². The molecule has 1 fully saturated rings. The zero-order valence-corrected chi connectivity index (χ0v) is 14.6. The Bertz CT molecular complexity index is 502. The van der Waals surface area contributed by atoms with E-state index < -0.39 is 6.29 Å². The molecule has 0 aliphatic carbocycles. The largest absolute Gasteiger partial charge is 0.366 e. The lowest BCUT2D eigenvalue weighted by Gasteiger charge is -2.32. The second-order valence-corrected chi connectivity index (χ2v) is 7.62. The topological polar surface area (TPSA) is 32.8 Å². The van der Waals surface area contributed by atoms with Gasteiger partial charge >= 0.3 is 0 Å². The molecule has 0 radical (unpaired) electrons. The van der Waals surface area contributed by atoms with Crippen molar-refractivity contribution in [3.63, 3.8) is 0 Å². The minimum atomic E-state index is -0.605. The molecule has 1 heterocycles. The first-order valence-electron chi connectivity index (χ1n) is 7.54. The highest BCUT2D eigenvalue weighted by Crippen LogP contribution is 2.46. The van der Waals surface area contributed by atoms with Crippen molar-refractivity contribution in [1.29, 1.82) is 0 Å². The summed E-state index contributed by atoms with van der Waals surface area (Å²) in [5.74, 6) is 0.897. The van der Waals surface area contributed by atoms with Gasteiger partial charge in [-0.2, -0.15) is 0 Å². The average Bonchev–Trinajstić information content (AvgIpc) is 3.17. The Balaban J connectivity index is 2.24. The van der Waals surface area contributed by atoms with E-state index in [1.807, 2.05) is 12.1 Å². The molecular weight excluding hydrogens is 307 g/mol. The molecule has 1 aromatic rings. The molecule has 4 atom stereocenters. The fourth-order valence-corrected chi connectivity index (χ4v) is 3.34. The second-order valence-electron chi connectivity index (χ2n) is 6.81. The smallest absolute Gasteiger partial charge is 0.182 e. The van der Waals surface area contributed by atoms with Crippen LogP contribution in [0.2, 0.25) is 10.0 Å². The first-order chi connectivity index (χ1) is 9.76. The van der Waals surface area contributed by atoms with Gasteiger partial charge in [0, 0.05) is 0 Å². The minimum Gasteiger partial charge on any atom is -0.366 e. The summed E-state index contributed by atoms with van der Waals surface area (Å²) in [5.41, 5.74) is 1.14. The van der Waals surface area contributed by atoms with Gasteiger partial charge in [0.15, 0.2) is 6.29 Å². The van der Waals surface area contributed by atoms with Crippen LogP contribution in [0.25, 0.3) is 0 Å². The van der Waals surface area contributed by atoms with Gasteiger partial charge in [-0.3, -0.25) is 0 Å². The average molecular weight is 331 g/mol. The molecule has 4 unspecified atom stereocenters. The van der Waals surface area contributed by atoms with Crippen molar-refractivity contribution in [3.8, 4) is 0 Å². The molecule has 4 heteroatoms. The van der Waals surface area contributed by atoms with Crippen molar-refractivity contribution in [2.45, 2.75) is 58.8 Å². The van der Waals surface area contributed by atoms with Crippen LogP contribution in [0.1, 0.15) is 52.0 Å². The number of benzene rings is 1. The molecule has 0 amide bonds. The Hall–Kier alpha value is -0.280. The number of rotatable bonds is 6. The van der Waals surface area contributed by atoms with E-state index in [2.05, 4.69) is 33.8 Å². The van der Waals surface area contributed by atoms with E-state index in [1.165, 1.54) is 5.56 Å². The molecule has 2 nitrogen and oxygen atoms in total. The number of aliphatic hydroxyl groups excluding tert-OH is 1. The molecule has 0 bridgehead atoms. The van der Waals surface area contributed by atoms with Crippen molar-refractivity contribution >= 4 is 23.2 Å². The van der Waals surface area contributed by atoms with Crippen LogP contribution in [0.5, 0.6) is 0 Å². The van der Waals surface area contributed by atoms with Gasteiger partial charge in [-0.25, -0.2) is 0 Å². The minimum absolute atomic E-state index is 0.0631. The van der Waals surface area contributed by atoms with Crippen LogP contribution in [-0.4, -0.2) is 17.5 Å². The maximum atomic E-state index is 9.56. The summed E-state index contributed by atoms with van der Waals surface area (Å²) < 4.78 is 5.28. The van der Waals surface area contributed by atoms with Crippen molar-refractivity contribution in [1.82, 2.24) is 0 Å². The summed E-state index contributed by atoms with van der Waals surface area (Å²) in [6.07, 6.45) is 1.37. The SMILES string of the molecule is CCC(C)C(CC(C)(C)C1OC1O)c1ccc(Cl)c(Cl)c1. The maximum absolute atomic E-state index is 9.56. The number of aliphatic hydroxyl groups is 1. The molecule has 1 aliphatic heterocycles. The molecule has 1 aliphatic rings. The quantitative estimate of drug-likeness (QED) is 0.722. The lowest BCUT2D eigenvalue weighted by molar-refractivity contribution is 0.153. The highest BCUT2D eigenvalue weighted by atomic mass is 35.5. The lowest BCUT2D eigenvalue weighted by Crippen LogP contribution is -2.26. The Morgan fingerprint density at radius 2 is 1.90 bits per heavy atom. The summed E-state index contributed by atoms with van der Waals surface area (Å²) in [7, 11) is 0. The van der Waals surface area contributed by atoms with Gasteiger partial charge in [-0.05, 0) is 41.4 Å². The maximum Gasteiger partial charge on any atom is 0.182 e. The van der Waals surface area contributed by atoms with Crippen LogP contribution < -0.4 is 0 Å². The zero-order chi connectivity index (χ0) is 15.8. The van der Waals surface area contributed by atoms with E-state index in [1.54, 1.807) is 0 Å². The number of halogens is 2. The Kier molecular flexibility index (Phi) is 5.25. The van der Waals surface area contributed by atoms with E-state index >= 15 is 0 Å². The van der Waals surface area contributed by atoms with Gasteiger partial charge in [0.2, 0.25) is 0 Å². The molecular formula is C17H24Cl2O2. The van der Waals surface area contributed by atoms with Crippen molar-refractivity contribution in [2.75, 3.05) is 0 Å². The predicted octanol–water partition coefficient (Wildman–Crippen LogP) is 5.26. The summed E-state index contributed by atoms with van der Waals surface area (Å²) in [4.78, 5) is 0. The standard InChI is InChI=1S/C17H24Cl2O2/c1-5-10(2)12(9-17(3,4)15-16(20)21-15)11-6-7-13(18)14(19)8-11/h6-8,10,12,15-16,20H,5,9H2,1-4H3. The highest BCUT2D eigenvalue weighted by molar-refractivity contribution is 6.42. The lowest BCUT2D eigenvalue weighted by atomic mass is 9.72. The number of epoxide rings is 1. The predicted molar refractivity (Wildman–Crippen MR) is 87.9 cm³/mol. The zero-order valence-electron chi connectivity index (χ0n) is 13.1. The fraction of sp³-hybridized carbons (Fsp3) is 0.647. The van der Waals surface area contributed by atoms with Gasteiger partial charge in [0.05, 0.1) is 10.0 Å². The number of ether oxygens (including phenoxy) is 1. The van der Waals surface area contributed by atoms with Gasteiger partial charge in [0.25, 0.3) is 0 Å². The number of hydrogen-bond donors (Lipinski definition) is 1. The van der Waals surface area contributed by atoms with Crippen molar-refractivity contribution in [3.05, 3.63) is 33.8 Å². The Morgan fingerprint density at radius 1 is 1.29 bits per heavy atom. The third-order valence-electron chi connectivity index (χ3n) is 4.69. The van der Waals surface area contributed by atoms with Gasteiger partial charge in [0.1, 0.15) is 6.10 Å². The van der Waals surface area contributed by atoms with Crippen molar-refractivity contribution < 1.29 is 9.84 Å². The van der Waals surface area contributed by atoms with Crippen LogP contribution in [-0.2, 0) is 4.74 Å². The highest BCUT2D eigenvalue weighted by Gasteiger charge is 2.49. The van der Waals surface area contributed by atoms with E-state index in [0.717, 1.165) is 12.8 Å². The normalized spacial score (nSPS) is 24.7. The second kappa shape index (κ2) is 6.45. The molecule has 0 aromatic heterocycles. The third kappa shape index (κ3) is 3.92. The molecule has 1 N–H and O–H groups in total. The summed E-state index contributed by atoms with van der Waals surface area (Å²) in [6.45, 7) is 8.76. The first-order valence-corrected chi connectivity index (χ1v) is 8.30. The summed E-state index contributed by atoms with van der Waals surface area (Å²) >= 11 is 12.2. The molecule has 0 saturated carbocycles. The fourth-order valence-electron chi connectivity index (χ4n) is 3.03. The van der Waals surface area contributed by atoms with Gasteiger partial charge in [-0.15, -0.1) is 0 Å². The first kappa shape index (κ1) is 17.1. The van der Waals surface area contributed by atoms with Gasteiger partial charge < -0.3 is 9.84 Å². The third-order valence-corrected chi connectivity index (χ3v) is 5.43. The molecule has 21 heavy (non-hydrogen) atoms. The molecule has 118 valence electrons. The van der Waals surface area contributed by atoms with E-state index in [0.29, 0.717) is 21.9 Å². The number of hydrogen-bond acceptors (Lipinski definition) is 2. The molecule has 1 aromatic carbocycles. The Labute approximate surface area is 137 Å². The summed E-state index contributed by atoms with van der Waals surface area (Å²) in [5, 5.41) is 10.7.